The molecule has 0 aromatic heterocycles. The van der Waals surface area contributed by atoms with E-state index in [1.807, 2.05) is 30.3 Å². The number of likely N-dealkylation sites (tertiary alicyclic amines) is 1. The Hall–Kier alpha value is -1.99. The summed E-state index contributed by atoms with van der Waals surface area (Å²) in [6, 6.07) is 12.9. The Bertz CT molecular complexity index is 1120. The van der Waals surface area contributed by atoms with Crippen LogP contribution in [0, 0.1) is 0 Å². The average Bonchev–Trinajstić information content (AvgIpc) is 3.29. The number of amides is 2. The van der Waals surface area contributed by atoms with Gasteiger partial charge in [0.15, 0.2) is 3.55 Å². The number of ether oxygens (including phenoxy) is 1. The number of hydrogen-bond acceptors (Lipinski definition) is 6. The number of benzene rings is 2. The number of nitrogens with one attached hydrogen (secondary N) is 1. The van der Waals surface area contributed by atoms with Gasteiger partial charge in [-0.3, -0.25) is 19.3 Å². The van der Waals surface area contributed by atoms with Crippen molar-refractivity contribution in [2.75, 3.05) is 26.0 Å². The molecule has 3 atom stereocenters. The normalized spacial score (nSPS) is 22.5. The fourth-order valence-corrected chi connectivity index (χ4v) is 6.82. The fraction of sp³-hybridized carbons (Fsp3) is 0.440. The summed E-state index contributed by atoms with van der Waals surface area (Å²) in [5.41, 5.74) is 2.49. The SMILES string of the molecule is CN(C(=O)C1(I)CC(ON)N1C)C(C(=O)Nc1ccc([Si](C)(C)C)cc1)c1ccc2c(c1)CCO2. The van der Waals surface area contributed by atoms with E-state index in [0.29, 0.717) is 18.7 Å². The Morgan fingerprint density at radius 2 is 1.94 bits per heavy atom. The Kier molecular flexibility index (Phi) is 7.31. The molecule has 10 heteroatoms. The number of fused-ring (bicyclic) bond motifs is 1. The zero-order chi connectivity index (χ0) is 25.5. The second-order valence-electron chi connectivity index (χ2n) is 10.3. The van der Waals surface area contributed by atoms with Crippen LogP contribution < -0.4 is 21.1 Å². The first-order valence-electron chi connectivity index (χ1n) is 11.7. The summed E-state index contributed by atoms with van der Waals surface area (Å²) in [7, 11) is 2.02. The molecule has 2 aromatic rings. The van der Waals surface area contributed by atoms with Crippen molar-refractivity contribution in [2.24, 2.45) is 5.90 Å². The van der Waals surface area contributed by atoms with E-state index in [0.717, 1.165) is 23.3 Å². The molecule has 3 unspecified atom stereocenters. The summed E-state index contributed by atoms with van der Waals surface area (Å²) in [4.78, 5) is 35.6. The molecule has 4 rings (SSSR count). The molecule has 2 amide bonds. The number of carbonyl (C=O) groups is 2. The van der Waals surface area contributed by atoms with Gasteiger partial charge in [-0.25, -0.2) is 5.90 Å². The highest BCUT2D eigenvalue weighted by Crippen LogP contribution is 2.43. The van der Waals surface area contributed by atoms with Crippen LogP contribution in [0.3, 0.4) is 0 Å². The molecule has 2 heterocycles. The first kappa shape index (κ1) is 26.1. The lowest BCUT2D eigenvalue weighted by atomic mass is 9.96. The van der Waals surface area contributed by atoms with Gasteiger partial charge in [0.1, 0.15) is 18.0 Å². The van der Waals surface area contributed by atoms with Gasteiger partial charge < -0.3 is 15.0 Å². The molecule has 3 N–H and O–H groups in total. The van der Waals surface area contributed by atoms with E-state index in [-0.39, 0.29) is 18.0 Å². The minimum Gasteiger partial charge on any atom is -0.493 e. The summed E-state index contributed by atoms with van der Waals surface area (Å²) in [6.07, 6.45) is 0.884. The van der Waals surface area contributed by atoms with Crippen LogP contribution in [0.25, 0.3) is 0 Å². The van der Waals surface area contributed by atoms with Crippen LogP contribution in [0.5, 0.6) is 5.75 Å². The van der Waals surface area contributed by atoms with E-state index in [4.69, 9.17) is 15.5 Å². The second kappa shape index (κ2) is 9.81. The van der Waals surface area contributed by atoms with Gasteiger partial charge in [0.25, 0.3) is 11.8 Å². The van der Waals surface area contributed by atoms with Crippen molar-refractivity contribution < 1.29 is 19.2 Å². The highest BCUT2D eigenvalue weighted by molar-refractivity contribution is 14.1. The molecule has 0 aliphatic carbocycles. The van der Waals surface area contributed by atoms with Crippen molar-refractivity contribution in [2.45, 2.75) is 48.3 Å². The molecular weight excluding hydrogens is 575 g/mol. The zero-order valence-electron chi connectivity index (χ0n) is 20.8. The highest BCUT2D eigenvalue weighted by atomic mass is 127. The number of rotatable bonds is 7. The van der Waals surface area contributed by atoms with Gasteiger partial charge in [-0.1, -0.05) is 65.6 Å². The largest absolute Gasteiger partial charge is 0.493 e. The smallest absolute Gasteiger partial charge is 0.254 e. The first-order valence-corrected chi connectivity index (χ1v) is 16.3. The quantitative estimate of drug-likeness (QED) is 0.165. The number of likely N-dealkylation sites (N-methyl/N-ethyl adjacent to an activating group) is 2. The lowest BCUT2D eigenvalue weighted by Gasteiger charge is -2.51. The highest BCUT2D eigenvalue weighted by Gasteiger charge is 2.56. The summed E-state index contributed by atoms with van der Waals surface area (Å²) in [5.74, 6) is 5.73. The van der Waals surface area contributed by atoms with E-state index in [9.17, 15) is 9.59 Å². The first-order chi connectivity index (χ1) is 16.5. The molecule has 0 spiro atoms. The third-order valence-electron chi connectivity index (χ3n) is 6.92. The van der Waals surface area contributed by atoms with Gasteiger partial charge in [-0.05, 0) is 42.4 Å². The molecule has 2 aliphatic heterocycles. The molecule has 35 heavy (non-hydrogen) atoms. The molecule has 0 saturated carbocycles. The molecule has 0 bridgehead atoms. The molecule has 2 aromatic carbocycles. The van der Waals surface area contributed by atoms with Gasteiger partial charge in [0, 0.05) is 25.6 Å². The van der Waals surface area contributed by atoms with E-state index in [1.54, 1.807) is 19.0 Å². The third kappa shape index (κ3) is 4.99. The van der Waals surface area contributed by atoms with E-state index >= 15 is 0 Å². The fourth-order valence-electron chi connectivity index (χ4n) is 4.58. The molecule has 0 radical (unpaired) electrons. The van der Waals surface area contributed by atoms with Gasteiger partial charge in [-0.15, -0.1) is 0 Å². The Morgan fingerprint density at radius 1 is 1.26 bits per heavy atom. The molecule has 1 fully saturated rings. The lowest BCUT2D eigenvalue weighted by Crippen LogP contribution is -2.68. The summed E-state index contributed by atoms with van der Waals surface area (Å²) >= 11 is 2.12. The number of halogens is 1. The van der Waals surface area contributed by atoms with Gasteiger partial charge in [-0.2, -0.15) is 0 Å². The number of anilines is 1. The zero-order valence-corrected chi connectivity index (χ0v) is 24.0. The van der Waals surface area contributed by atoms with Crippen molar-refractivity contribution in [3.63, 3.8) is 0 Å². The summed E-state index contributed by atoms with van der Waals surface area (Å²) < 4.78 is 4.80. The van der Waals surface area contributed by atoms with Crippen LogP contribution in [0.2, 0.25) is 19.6 Å². The van der Waals surface area contributed by atoms with Crippen molar-refractivity contribution in [3.8, 4) is 5.75 Å². The Balaban J connectivity index is 1.63. The molecule has 1 saturated heterocycles. The number of carbonyl (C=O) groups excluding carboxylic acids is 2. The monoisotopic (exact) mass is 608 g/mol. The Labute approximate surface area is 221 Å². The molecule has 188 valence electrons. The minimum atomic E-state index is -1.45. The summed E-state index contributed by atoms with van der Waals surface area (Å²) in [5, 5.41) is 4.35. The van der Waals surface area contributed by atoms with E-state index in [2.05, 4.69) is 59.7 Å². The van der Waals surface area contributed by atoms with Crippen LogP contribution >= 0.6 is 22.6 Å². The van der Waals surface area contributed by atoms with Gasteiger partial charge in [0.2, 0.25) is 0 Å². The second-order valence-corrected chi connectivity index (χ2v) is 17.1. The predicted molar refractivity (Wildman–Crippen MR) is 147 cm³/mol. The van der Waals surface area contributed by atoms with Crippen molar-refractivity contribution in [1.29, 1.82) is 0 Å². The lowest BCUT2D eigenvalue weighted by molar-refractivity contribution is -0.178. The van der Waals surface area contributed by atoms with Gasteiger partial charge >= 0.3 is 0 Å². The third-order valence-corrected chi connectivity index (χ3v) is 10.7. The van der Waals surface area contributed by atoms with Crippen LogP contribution in [0.15, 0.2) is 42.5 Å². The van der Waals surface area contributed by atoms with Gasteiger partial charge in [0.05, 0.1) is 14.7 Å². The maximum atomic E-state index is 13.7. The van der Waals surface area contributed by atoms with Crippen molar-refractivity contribution >= 4 is 53.4 Å². The number of nitrogens with zero attached hydrogens (tertiary/aromatic N) is 2. The maximum Gasteiger partial charge on any atom is 0.254 e. The van der Waals surface area contributed by atoms with E-state index < -0.39 is 17.7 Å². The van der Waals surface area contributed by atoms with Crippen LogP contribution in [-0.4, -0.2) is 60.2 Å². The van der Waals surface area contributed by atoms with Crippen LogP contribution in [0.1, 0.15) is 23.6 Å². The average molecular weight is 609 g/mol. The van der Waals surface area contributed by atoms with Crippen molar-refractivity contribution in [1.82, 2.24) is 9.80 Å². The number of nitrogens with two attached hydrogens (primary N) is 1. The van der Waals surface area contributed by atoms with E-state index in [1.165, 1.54) is 10.1 Å². The van der Waals surface area contributed by atoms with Crippen molar-refractivity contribution in [3.05, 3.63) is 53.6 Å². The minimum absolute atomic E-state index is 0.181. The maximum absolute atomic E-state index is 13.7. The Morgan fingerprint density at radius 3 is 2.54 bits per heavy atom. The summed E-state index contributed by atoms with van der Waals surface area (Å²) in [6.45, 7) is 7.47. The molecule has 8 nitrogen and oxygen atoms in total. The molecular formula is C25H33IN4O4Si. The topological polar surface area (TPSA) is 97.1 Å². The van der Waals surface area contributed by atoms with Crippen LogP contribution in [0.4, 0.5) is 5.69 Å². The standard InChI is InChI=1S/C25H33IN4O4Si/c1-29(24(32)25(26)15-21(34-27)30(25)2)22(17-6-11-20-16(14-17)12-13-33-20)23(31)28-18-7-9-19(10-8-18)35(3,4)5/h6-11,14,21-22H,12-13,15,27H2,1-5H3,(H,28,31). The van der Waals surface area contributed by atoms with Crippen LogP contribution in [-0.2, 0) is 20.8 Å². The predicted octanol–water partition coefficient (Wildman–Crippen LogP) is 2.99. The number of alkyl halides is 1. The molecule has 2 aliphatic rings. The number of hydrogen-bond donors (Lipinski definition) is 2.